The number of hydrogen-bond donors (Lipinski definition) is 0. The standard InChI is InChI=1S/C17H35O4P/c1-2-3-4-5-6-7-8-9-10-11-12-13-14-15-19-22(18)20-16-17-21-22/h2-17H2,1H3. The summed E-state index contributed by atoms with van der Waals surface area (Å²) in [5.74, 6) is 0. The summed E-state index contributed by atoms with van der Waals surface area (Å²) in [6.07, 6.45) is 17.1. The van der Waals surface area contributed by atoms with Gasteiger partial charge in [-0.3, -0.25) is 13.6 Å². The zero-order chi connectivity index (χ0) is 15.9. The van der Waals surface area contributed by atoms with Crippen molar-refractivity contribution in [3.63, 3.8) is 0 Å². The van der Waals surface area contributed by atoms with Gasteiger partial charge in [0.05, 0.1) is 19.8 Å². The predicted octanol–water partition coefficient (Wildman–Crippen LogP) is 6.25. The summed E-state index contributed by atoms with van der Waals surface area (Å²) in [6.45, 7) is 3.52. The maximum atomic E-state index is 11.7. The highest BCUT2D eigenvalue weighted by Gasteiger charge is 2.31. The quantitative estimate of drug-likeness (QED) is 0.262. The zero-order valence-electron chi connectivity index (χ0n) is 14.4. The van der Waals surface area contributed by atoms with Crippen LogP contribution in [-0.4, -0.2) is 19.8 Å². The first-order valence-electron chi connectivity index (χ1n) is 9.30. The predicted molar refractivity (Wildman–Crippen MR) is 91.2 cm³/mol. The van der Waals surface area contributed by atoms with Crippen LogP contribution in [0.3, 0.4) is 0 Å². The van der Waals surface area contributed by atoms with Gasteiger partial charge in [-0.2, -0.15) is 0 Å². The Morgan fingerprint density at radius 1 is 0.727 bits per heavy atom. The Morgan fingerprint density at radius 3 is 1.59 bits per heavy atom. The minimum atomic E-state index is -3.15. The number of phosphoric acid groups is 1. The Bertz CT molecular complexity index is 286. The molecule has 0 bridgehead atoms. The van der Waals surface area contributed by atoms with Gasteiger partial charge in [0.1, 0.15) is 0 Å². The first-order chi connectivity index (χ1) is 10.8. The molecule has 0 atom stereocenters. The molecule has 4 nitrogen and oxygen atoms in total. The Kier molecular flexibility index (Phi) is 12.4. The monoisotopic (exact) mass is 334 g/mol. The Labute approximate surface area is 136 Å². The number of unbranched alkanes of at least 4 members (excludes halogenated alkanes) is 12. The van der Waals surface area contributed by atoms with E-state index >= 15 is 0 Å². The topological polar surface area (TPSA) is 44.8 Å². The van der Waals surface area contributed by atoms with Crippen molar-refractivity contribution >= 4 is 7.82 Å². The van der Waals surface area contributed by atoms with E-state index in [9.17, 15) is 4.57 Å². The maximum Gasteiger partial charge on any atom is 0.474 e. The normalized spacial score (nSPS) is 17.1. The van der Waals surface area contributed by atoms with Crippen molar-refractivity contribution in [2.75, 3.05) is 19.8 Å². The average molecular weight is 334 g/mol. The number of phosphoric ester groups is 1. The molecule has 5 heteroatoms. The number of rotatable bonds is 15. The van der Waals surface area contributed by atoms with Crippen LogP contribution >= 0.6 is 7.82 Å². The van der Waals surface area contributed by atoms with Gasteiger partial charge in [-0.15, -0.1) is 0 Å². The van der Waals surface area contributed by atoms with E-state index < -0.39 is 7.82 Å². The van der Waals surface area contributed by atoms with Crippen LogP contribution in [0.15, 0.2) is 0 Å². The van der Waals surface area contributed by atoms with E-state index in [1.54, 1.807) is 0 Å². The summed E-state index contributed by atoms with van der Waals surface area (Å²) in [6, 6.07) is 0. The lowest BCUT2D eigenvalue weighted by Crippen LogP contribution is -1.93. The minimum absolute atomic E-state index is 0.385. The van der Waals surface area contributed by atoms with Gasteiger partial charge in [0.2, 0.25) is 0 Å². The highest BCUT2D eigenvalue weighted by molar-refractivity contribution is 7.48. The second-order valence-electron chi connectivity index (χ2n) is 6.19. The minimum Gasteiger partial charge on any atom is -0.287 e. The molecule has 1 heterocycles. The van der Waals surface area contributed by atoms with E-state index in [2.05, 4.69) is 6.92 Å². The van der Waals surface area contributed by atoms with Gasteiger partial charge in [-0.05, 0) is 6.42 Å². The molecule has 0 saturated carbocycles. The Hall–Kier alpha value is 0.110. The van der Waals surface area contributed by atoms with Crippen molar-refractivity contribution in [3.05, 3.63) is 0 Å². The maximum absolute atomic E-state index is 11.7. The van der Waals surface area contributed by atoms with Crippen molar-refractivity contribution in [2.45, 2.75) is 90.4 Å². The lowest BCUT2D eigenvalue weighted by atomic mass is 10.0. The third kappa shape index (κ3) is 10.8. The lowest BCUT2D eigenvalue weighted by molar-refractivity contribution is 0.187. The highest BCUT2D eigenvalue weighted by Crippen LogP contribution is 2.52. The molecular weight excluding hydrogens is 299 g/mol. The van der Waals surface area contributed by atoms with Crippen LogP contribution in [0.2, 0.25) is 0 Å². The van der Waals surface area contributed by atoms with Crippen LogP contribution in [0.1, 0.15) is 90.4 Å². The van der Waals surface area contributed by atoms with Gasteiger partial charge < -0.3 is 0 Å². The SMILES string of the molecule is CCCCCCCCCCCCCCCOP1(=O)OCCO1. The van der Waals surface area contributed by atoms with Crippen molar-refractivity contribution in [2.24, 2.45) is 0 Å². The highest BCUT2D eigenvalue weighted by atomic mass is 31.2. The fourth-order valence-electron chi connectivity index (χ4n) is 2.71. The fourth-order valence-corrected chi connectivity index (χ4v) is 3.88. The van der Waals surface area contributed by atoms with Gasteiger partial charge >= 0.3 is 7.82 Å². The van der Waals surface area contributed by atoms with E-state index in [-0.39, 0.29) is 0 Å². The number of hydrogen-bond acceptors (Lipinski definition) is 4. The molecule has 0 radical (unpaired) electrons. The first kappa shape index (κ1) is 20.2. The van der Waals surface area contributed by atoms with E-state index in [0.29, 0.717) is 19.8 Å². The van der Waals surface area contributed by atoms with Crippen molar-refractivity contribution < 1.29 is 18.1 Å². The second kappa shape index (κ2) is 13.5. The van der Waals surface area contributed by atoms with Crippen molar-refractivity contribution in [1.29, 1.82) is 0 Å². The summed E-state index contributed by atoms with van der Waals surface area (Å²) < 4.78 is 26.8. The smallest absolute Gasteiger partial charge is 0.287 e. The molecule has 1 fully saturated rings. The molecule has 0 unspecified atom stereocenters. The zero-order valence-corrected chi connectivity index (χ0v) is 15.3. The van der Waals surface area contributed by atoms with Crippen LogP contribution in [-0.2, 0) is 18.1 Å². The van der Waals surface area contributed by atoms with Gasteiger partial charge in [0.15, 0.2) is 0 Å². The molecule has 132 valence electrons. The summed E-state index contributed by atoms with van der Waals surface area (Å²) in [4.78, 5) is 0. The summed E-state index contributed by atoms with van der Waals surface area (Å²) >= 11 is 0. The van der Waals surface area contributed by atoms with E-state index in [0.717, 1.165) is 12.8 Å². The molecule has 1 aliphatic heterocycles. The molecule has 0 aliphatic carbocycles. The Balaban J connectivity index is 1.72. The molecule has 0 amide bonds. The molecule has 0 aromatic heterocycles. The summed E-state index contributed by atoms with van der Waals surface area (Å²) in [7, 11) is -3.15. The largest absolute Gasteiger partial charge is 0.474 e. The molecule has 0 spiro atoms. The third-order valence-electron chi connectivity index (χ3n) is 4.08. The molecule has 0 aromatic carbocycles. The van der Waals surface area contributed by atoms with Crippen LogP contribution < -0.4 is 0 Å². The van der Waals surface area contributed by atoms with Crippen molar-refractivity contribution in [3.8, 4) is 0 Å². The molecule has 1 aliphatic rings. The van der Waals surface area contributed by atoms with Gasteiger partial charge in [0, 0.05) is 0 Å². The van der Waals surface area contributed by atoms with E-state index in [1.807, 2.05) is 0 Å². The fraction of sp³-hybridized carbons (Fsp3) is 1.00. The van der Waals surface area contributed by atoms with Crippen LogP contribution in [0.5, 0.6) is 0 Å². The molecule has 22 heavy (non-hydrogen) atoms. The second-order valence-corrected chi connectivity index (χ2v) is 7.86. The van der Waals surface area contributed by atoms with Crippen LogP contribution in [0.4, 0.5) is 0 Å². The van der Waals surface area contributed by atoms with Gasteiger partial charge in [-0.25, -0.2) is 4.57 Å². The average Bonchev–Trinajstić information content (AvgIpc) is 2.94. The van der Waals surface area contributed by atoms with Crippen LogP contribution in [0, 0.1) is 0 Å². The van der Waals surface area contributed by atoms with E-state index in [4.69, 9.17) is 13.6 Å². The molecular formula is C17H35O4P. The summed E-state index contributed by atoms with van der Waals surface area (Å²) in [5.41, 5.74) is 0. The molecule has 1 rings (SSSR count). The van der Waals surface area contributed by atoms with Crippen LogP contribution in [0.25, 0.3) is 0 Å². The van der Waals surface area contributed by atoms with Gasteiger partial charge in [-0.1, -0.05) is 84.0 Å². The molecule has 1 saturated heterocycles. The third-order valence-corrected chi connectivity index (χ3v) is 5.58. The van der Waals surface area contributed by atoms with Gasteiger partial charge in [0.25, 0.3) is 0 Å². The Morgan fingerprint density at radius 2 is 1.14 bits per heavy atom. The molecule has 0 aromatic rings. The molecule has 0 N–H and O–H groups in total. The van der Waals surface area contributed by atoms with Crippen molar-refractivity contribution in [1.82, 2.24) is 0 Å². The lowest BCUT2D eigenvalue weighted by Gasteiger charge is -2.09. The summed E-state index contributed by atoms with van der Waals surface area (Å²) in [5, 5.41) is 0. The first-order valence-corrected chi connectivity index (χ1v) is 10.8. The van der Waals surface area contributed by atoms with E-state index in [1.165, 1.54) is 70.6 Å².